The Morgan fingerprint density at radius 3 is 3.05 bits per heavy atom. The molecule has 2 rings (SSSR count). The first-order valence-corrected chi connectivity index (χ1v) is 6.19. The van der Waals surface area contributed by atoms with Gasteiger partial charge in [-0.1, -0.05) is 0 Å². The summed E-state index contributed by atoms with van der Waals surface area (Å²) >= 11 is 0. The third-order valence-electron chi connectivity index (χ3n) is 2.69. The van der Waals surface area contributed by atoms with Crippen LogP contribution in [0.3, 0.4) is 0 Å². The molecule has 0 aliphatic rings. The minimum Gasteiger partial charge on any atom is -0.388 e. The molecule has 2 N–H and O–H groups in total. The lowest BCUT2D eigenvalue weighted by Gasteiger charge is -2.06. The van der Waals surface area contributed by atoms with E-state index in [2.05, 4.69) is 20.7 Å². The fourth-order valence-electron chi connectivity index (χ4n) is 1.68. The Labute approximate surface area is 111 Å². The van der Waals surface area contributed by atoms with Gasteiger partial charge in [-0.25, -0.2) is 0 Å². The van der Waals surface area contributed by atoms with Gasteiger partial charge in [0.15, 0.2) is 0 Å². The number of nitrogens with zero attached hydrogens (tertiary/aromatic N) is 3. The molecule has 0 radical (unpaired) electrons. The molecule has 6 heteroatoms. The number of nitrogens with one attached hydrogen (secondary N) is 2. The van der Waals surface area contributed by atoms with Crippen LogP contribution in [0.25, 0.3) is 0 Å². The molecule has 6 nitrogen and oxygen atoms in total. The molecule has 100 valence electrons. The molecule has 0 saturated heterocycles. The predicted molar refractivity (Wildman–Crippen MR) is 73.0 cm³/mol. The van der Waals surface area contributed by atoms with Crippen LogP contribution in [-0.4, -0.2) is 34.3 Å². The number of rotatable bonds is 6. The maximum absolute atomic E-state index is 11.9. The number of amides is 1. The Hall–Kier alpha value is -2.37. The summed E-state index contributed by atoms with van der Waals surface area (Å²) < 4.78 is 1.84. The van der Waals surface area contributed by atoms with E-state index in [1.807, 2.05) is 23.0 Å². The molecule has 0 aliphatic heterocycles. The van der Waals surface area contributed by atoms with E-state index < -0.39 is 0 Å². The molecular formula is C13H17N5O. The number of carbonyl (C=O) groups is 1. The smallest absolute Gasteiger partial charge is 0.269 e. The van der Waals surface area contributed by atoms with Crippen molar-refractivity contribution in [2.45, 2.75) is 13.0 Å². The highest BCUT2D eigenvalue weighted by Crippen LogP contribution is 2.06. The first kappa shape index (κ1) is 13.1. The zero-order chi connectivity index (χ0) is 13.5. The minimum absolute atomic E-state index is 0.155. The topological polar surface area (TPSA) is 71.8 Å². The third kappa shape index (κ3) is 3.80. The molecule has 0 aromatic carbocycles. The quantitative estimate of drug-likeness (QED) is 0.763. The second kappa shape index (κ2) is 6.53. The monoisotopic (exact) mass is 259 g/mol. The number of hydrogen-bond acceptors (Lipinski definition) is 4. The highest BCUT2D eigenvalue weighted by molar-refractivity contribution is 5.93. The van der Waals surface area contributed by atoms with E-state index in [1.165, 1.54) is 0 Å². The van der Waals surface area contributed by atoms with Crippen LogP contribution in [0.1, 0.15) is 16.9 Å². The fourth-order valence-corrected chi connectivity index (χ4v) is 1.68. The molecule has 0 spiro atoms. The van der Waals surface area contributed by atoms with Crippen molar-refractivity contribution in [1.29, 1.82) is 0 Å². The van der Waals surface area contributed by atoms with Gasteiger partial charge in [0.2, 0.25) is 0 Å². The Morgan fingerprint density at radius 1 is 1.42 bits per heavy atom. The van der Waals surface area contributed by atoms with Gasteiger partial charge in [0, 0.05) is 44.4 Å². The van der Waals surface area contributed by atoms with E-state index in [9.17, 15) is 4.79 Å². The van der Waals surface area contributed by atoms with Crippen molar-refractivity contribution in [2.75, 3.05) is 18.9 Å². The fraction of sp³-hybridized carbons (Fsp3) is 0.308. The molecule has 2 heterocycles. The van der Waals surface area contributed by atoms with Crippen molar-refractivity contribution < 1.29 is 4.79 Å². The maximum atomic E-state index is 11.9. The molecule has 0 unspecified atom stereocenters. The van der Waals surface area contributed by atoms with E-state index in [-0.39, 0.29) is 5.91 Å². The number of anilines is 1. The highest BCUT2D eigenvalue weighted by Gasteiger charge is 2.06. The van der Waals surface area contributed by atoms with Crippen molar-refractivity contribution in [1.82, 2.24) is 20.1 Å². The molecule has 0 saturated carbocycles. The summed E-state index contributed by atoms with van der Waals surface area (Å²) in [6, 6.07) is 5.42. The molecule has 0 bridgehead atoms. The van der Waals surface area contributed by atoms with Gasteiger partial charge in [-0.05, 0) is 24.6 Å². The molecule has 0 aliphatic carbocycles. The molecular weight excluding hydrogens is 242 g/mol. The van der Waals surface area contributed by atoms with Gasteiger partial charge in [0.25, 0.3) is 5.91 Å². The average molecular weight is 259 g/mol. The summed E-state index contributed by atoms with van der Waals surface area (Å²) in [5.41, 5.74) is 1.29. The SMILES string of the molecule is CNc1ccnc(C(=O)NCCCn2cccn2)c1. The van der Waals surface area contributed by atoms with Crippen LogP contribution in [0.4, 0.5) is 5.69 Å². The molecule has 1 amide bonds. The summed E-state index contributed by atoms with van der Waals surface area (Å²) in [6.45, 7) is 1.39. The summed E-state index contributed by atoms with van der Waals surface area (Å²) in [4.78, 5) is 15.9. The van der Waals surface area contributed by atoms with Gasteiger partial charge in [-0.15, -0.1) is 0 Å². The second-order valence-corrected chi connectivity index (χ2v) is 4.06. The van der Waals surface area contributed by atoms with Crippen molar-refractivity contribution in [3.05, 3.63) is 42.5 Å². The zero-order valence-electron chi connectivity index (χ0n) is 10.8. The van der Waals surface area contributed by atoms with Gasteiger partial charge in [-0.2, -0.15) is 5.10 Å². The zero-order valence-corrected chi connectivity index (χ0v) is 10.8. The first-order chi connectivity index (χ1) is 9.29. The minimum atomic E-state index is -0.155. The van der Waals surface area contributed by atoms with Crippen LogP contribution in [-0.2, 0) is 6.54 Å². The lowest BCUT2D eigenvalue weighted by molar-refractivity contribution is 0.0947. The standard InChI is InChI=1S/C13H17N5O/c1-14-11-4-7-15-12(10-11)13(19)16-5-2-8-18-9-3-6-17-18/h3-4,6-7,9-10H,2,5,8H2,1H3,(H,14,15)(H,16,19). The van der Waals surface area contributed by atoms with Crippen molar-refractivity contribution in [2.24, 2.45) is 0 Å². The molecule has 0 atom stereocenters. The maximum Gasteiger partial charge on any atom is 0.269 e. The number of pyridine rings is 1. The summed E-state index contributed by atoms with van der Waals surface area (Å²) in [7, 11) is 1.81. The van der Waals surface area contributed by atoms with Crippen molar-refractivity contribution >= 4 is 11.6 Å². The Bertz CT molecular complexity index is 524. The second-order valence-electron chi connectivity index (χ2n) is 4.06. The van der Waals surface area contributed by atoms with Crippen LogP contribution >= 0.6 is 0 Å². The average Bonchev–Trinajstić information content (AvgIpc) is 2.96. The van der Waals surface area contributed by atoms with Crippen LogP contribution in [0.2, 0.25) is 0 Å². The van der Waals surface area contributed by atoms with Crippen LogP contribution in [0.15, 0.2) is 36.8 Å². The van der Waals surface area contributed by atoms with E-state index in [0.717, 1.165) is 18.7 Å². The lowest BCUT2D eigenvalue weighted by atomic mass is 10.3. The first-order valence-electron chi connectivity index (χ1n) is 6.19. The Kier molecular flexibility index (Phi) is 4.49. The van der Waals surface area contributed by atoms with E-state index >= 15 is 0 Å². The van der Waals surface area contributed by atoms with Gasteiger partial charge < -0.3 is 10.6 Å². The number of aryl methyl sites for hydroxylation is 1. The van der Waals surface area contributed by atoms with Crippen LogP contribution < -0.4 is 10.6 Å². The number of aromatic nitrogens is 3. The molecule has 2 aromatic rings. The van der Waals surface area contributed by atoms with Crippen LogP contribution in [0.5, 0.6) is 0 Å². The number of carbonyl (C=O) groups excluding carboxylic acids is 1. The predicted octanol–water partition coefficient (Wildman–Crippen LogP) is 1.14. The summed E-state index contributed by atoms with van der Waals surface area (Å²) in [5.74, 6) is -0.155. The van der Waals surface area contributed by atoms with E-state index in [4.69, 9.17) is 0 Å². The summed E-state index contributed by atoms with van der Waals surface area (Å²) in [6.07, 6.45) is 6.09. The lowest BCUT2D eigenvalue weighted by Crippen LogP contribution is -2.26. The number of hydrogen-bond donors (Lipinski definition) is 2. The van der Waals surface area contributed by atoms with Gasteiger partial charge >= 0.3 is 0 Å². The Morgan fingerprint density at radius 2 is 2.32 bits per heavy atom. The largest absolute Gasteiger partial charge is 0.388 e. The Balaban J connectivity index is 1.77. The van der Waals surface area contributed by atoms with Gasteiger partial charge in [0.05, 0.1) is 0 Å². The summed E-state index contributed by atoms with van der Waals surface area (Å²) in [5, 5.41) is 9.92. The van der Waals surface area contributed by atoms with E-state index in [0.29, 0.717) is 12.2 Å². The van der Waals surface area contributed by atoms with Gasteiger partial charge in [0.1, 0.15) is 5.69 Å². The highest BCUT2D eigenvalue weighted by atomic mass is 16.1. The normalized spacial score (nSPS) is 10.2. The van der Waals surface area contributed by atoms with Crippen molar-refractivity contribution in [3.8, 4) is 0 Å². The van der Waals surface area contributed by atoms with Crippen LogP contribution in [0, 0.1) is 0 Å². The van der Waals surface area contributed by atoms with Crippen molar-refractivity contribution in [3.63, 3.8) is 0 Å². The molecule has 19 heavy (non-hydrogen) atoms. The molecule has 0 fully saturated rings. The molecule has 2 aromatic heterocycles. The third-order valence-corrected chi connectivity index (χ3v) is 2.69. The van der Waals surface area contributed by atoms with E-state index in [1.54, 1.807) is 25.5 Å². The van der Waals surface area contributed by atoms with Gasteiger partial charge in [-0.3, -0.25) is 14.5 Å².